The molecule has 0 spiro atoms. The van der Waals surface area contributed by atoms with Crippen LogP contribution in [0, 0.1) is 0 Å². The highest BCUT2D eigenvalue weighted by Gasteiger charge is 2.16. The van der Waals surface area contributed by atoms with Crippen molar-refractivity contribution in [3.05, 3.63) is 30.1 Å². The quantitative estimate of drug-likeness (QED) is 0.723. The average molecular weight is 234 g/mol. The van der Waals surface area contributed by atoms with Crippen LogP contribution < -0.4 is 4.57 Å². The number of piperazine rings is 1. The van der Waals surface area contributed by atoms with Crippen LogP contribution >= 0.6 is 0 Å². The SMILES string of the molecule is CCN1CCN(Cc2ccc[n+](CC)c2)CC1. The van der Waals surface area contributed by atoms with Crippen LogP contribution in [0.25, 0.3) is 0 Å². The lowest BCUT2D eigenvalue weighted by Gasteiger charge is -2.33. The molecule has 94 valence electrons. The molecule has 1 aliphatic heterocycles. The highest BCUT2D eigenvalue weighted by molar-refractivity contribution is 5.05. The van der Waals surface area contributed by atoms with E-state index >= 15 is 0 Å². The average Bonchev–Trinajstić information content (AvgIpc) is 2.40. The van der Waals surface area contributed by atoms with Gasteiger partial charge in [-0.15, -0.1) is 0 Å². The first-order valence-electron chi connectivity index (χ1n) is 6.74. The number of nitrogens with zero attached hydrogens (tertiary/aromatic N) is 3. The number of aromatic nitrogens is 1. The van der Waals surface area contributed by atoms with Crippen molar-refractivity contribution in [1.29, 1.82) is 0 Å². The minimum absolute atomic E-state index is 1.05. The Morgan fingerprint density at radius 1 is 1.12 bits per heavy atom. The zero-order valence-corrected chi connectivity index (χ0v) is 11.1. The first-order chi connectivity index (χ1) is 8.31. The maximum absolute atomic E-state index is 2.56. The maximum Gasteiger partial charge on any atom is 0.173 e. The first kappa shape index (κ1) is 12.5. The second kappa shape index (κ2) is 6.12. The lowest BCUT2D eigenvalue weighted by atomic mass is 10.2. The van der Waals surface area contributed by atoms with Gasteiger partial charge in [-0.1, -0.05) is 6.92 Å². The molecule has 3 nitrogen and oxygen atoms in total. The summed E-state index contributed by atoms with van der Waals surface area (Å²) in [5.74, 6) is 0. The van der Waals surface area contributed by atoms with Gasteiger partial charge in [0.1, 0.15) is 6.54 Å². The summed E-state index contributed by atoms with van der Waals surface area (Å²) in [5.41, 5.74) is 1.43. The van der Waals surface area contributed by atoms with E-state index in [4.69, 9.17) is 0 Å². The molecule has 3 heteroatoms. The molecule has 0 bridgehead atoms. The van der Waals surface area contributed by atoms with E-state index in [0.29, 0.717) is 0 Å². The molecule has 0 unspecified atom stereocenters. The molecule has 0 atom stereocenters. The van der Waals surface area contributed by atoms with Crippen LogP contribution in [-0.2, 0) is 13.1 Å². The third-order valence-corrected chi connectivity index (χ3v) is 3.60. The van der Waals surface area contributed by atoms with Gasteiger partial charge in [-0.25, -0.2) is 4.57 Å². The summed E-state index contributed by atoms with van der Waals surface area (Å²) >= 11 is 0. The Bertz CT molecular complexity index is 343. The molecular weight excluding hydrogens is 210 g/mol. The number of pyridine rings is 1. The van der Waals surface area contributed by atoms with E-state index in [1.165, 1.54) is 38.3 Å². The Kier molecular flexibility index (Phi) is 4.51. The number of hydrogen-bond donors (Lipinski definition) is 0. The highest BCUT2D eigenvalue weighted by Crippen LogP contribution is 2.06. The van der Waals surface area contributed by atoms with Gasteiger partial charge in [-0.05, 0) is 19.5 Å². The van der Waals surface area contributed by atoms with E-state index in [0.717, 1.165) is 13.1 Å². The molecule has 1 fully saturated rings. The van der Waals surface area contributed by atoms with Crippen LogP contribution in [0.4, 0.5) is 0 Å². The molecule has 1 aromatic rings. The third kappa shape index (κ3) is 3.51. The van der Waals surface area contributed by atoms with Gasteiger partial charge in [0.25, 0.3) is 0 Å². The molecule has 0 aromatic carbocycles. The van der Waals surface area contributed by atoms with Crippen LogP contribution in [0.15, 0.2) is 24.5 Å². The van der Waals surface area contributed by atoms with Crippen LogP contribution in [0.2, 0.25) is 0 Å². The number of rotatable bonds is 4. The fraction of sp³-hybridized carbons (Fsp3) is 0.643. The number of hydrogen-bond acceptors (Lipinski definition) is 2. The molecule has 1 aliphatic rings. The van der Waals surface area contributed by atoms with Gasteiger partial charge >= 0.3 is 0 Å². The Hall–Kier alpha value is -0.930. The summed E-state index contributed by atoms with van der Waals surface area (Å²) in [6, 6.07) is 4.39. The largest absolute Gasteiger partial charge is 0.301 e. The van der Waals surface area contributed by atoms with E-state index < -0.39 is 0 Å². The van der Waals surface area contributed by atoms with Crippen molar-refractivity contribution in [2.24, 2.45) is 0 Å². The van der Waals surface area contributed by atoms with Crippen molar-refractivity contribution in [1.82, 2.24) is 9.80 Å². The number of aryl methyl sites for hydroxylation is 1. The zero-order chi connectivity index (χ0) is 12.1. The van der Waals surface area contributed by atoms with Gasteiger partial charge in [0.2, 0.25) is 0 Å². The Morgan fingerprint density at radius 2 is 1.82 bits per heavy atom. The minimum atomic E-state index is 1.05. The van der Waals surface area contributed by atoms with E-state index in [2.05, 4.69) is 52.7 Å². The third-order valence-electron chi connectivity index (χ3n) is 3.60. The summed E-state index contributed by atoms with van der Waals surface area (Å²) < 4.78 is 2.25. The van der Waals surface area contributed by atoms with Gasteiger partial charge in [-0.3, -0.25) is 4.90 Å². The second-order valence-corrected chi connectivity index (χ2v) is 4.75. The summed E-state index contributed by atoms with van der Waals surface area (Å²) in [4.78, 5) is 5.08. The lowest BCUT2D eigenvalue weighted by Crippen LogP contribution is -2.45. The van der Waals surface area contributed by atoms with Crippen LogP contribution in [0.5, 0.6) is 0 Å². The van der Waals surface area contributed by atoms with Crippen molar-refractivity contribution < 1.29 is 4.57 Å². The predicted octanol–water partition coefficient (Wildman–Crippen LogP) is 1.13. The molecule has 2 rings (SSSR count). The van der Waals surface area contributed by atoms with E-state index in [1.807, 2.05) is 0 Å². The Balaban J connectivity index is 1.88. The minimum Gasteiger partial charge on any atom is -0.301 e. The van der Waals surface area contributed by atoms with Crippen molar-refractivity contribution in [3.63, 3.8) is 0 Å². The molecule has 0 aliphatic carbocycles. The van der Waals surface area contributed by atoms with Crippen molar-refractivity contribution in [2.75, 3.05) is 32.7 Å². The summed E-state index contributed by atoms with van der Waals surface area (Å²) in [7, 11) is 0. The predicted molar refractivity (Wildman–Crippen MR) is 69.7 cm³/mol. The smallest absolute Gasteiger partial charge is 0.173 e. The lowest BCUT2D eigenvalue weighted by molar-refractivity contribution is -0.694. The molecule has 0 saturated carbocycles. The molecular formula is C14H24N3+. The molecule has 1 saturated heterocycles. The summed E-state index contributed by atoms with van der Waals surface area (Å²) in [6.07, 6.45) is 4.41. The normalized spacial score (nSPS) is 18.5. The van der Waals surface area contributed by atoms with Crippen LogP contribution in [0.3, 0.4) is 0 Å². The fourth-order valence-electron chi connectivity index (χ4n) is 2.39. The van der Waals surface area contributed by atoms with Crippen LogP contribution in [-0.4, -0.2) is 42.5 Å². The molecule has 0 N–H and O–H groups in total. The standard InChI is InChI=1S/C14H24N3/c1-3-15-8-10-17(11-9-15)13-14-6-5-7-16(4-2)12-14/h5-7,12H,3-4,8-11,13H2,1-2H3/q+1. The van der Waals surface area contributed by atoms with Crippen molar-refractivity contribution >= 4 is 0 Å². The first-order valence-corrected chi connectivity index (χ1v) is 6.74. The molecule has 1 aromatic heterocycles. The molecule has 0 amide bonds. The fourth-order valence-corrected chi connectivity index (χ4v) is 2.39. The summed E-state index contributed by atoms with van der Waals surface area (Å²) in [5, 5.41) is 0. The van der Waals surface area contributed by atoms with Gasteiger partial charge in [0.15, 0.2) is 12.4 Å². The maximum atomic E-state index is 2.56. The topological polar surface area (TPSA) is 10.4 Å². The van der Waals surface area contributed by atoms with Gasteiger partial charge in [0.05, 0.1) is 0 Å². The van der Waals surface area contributed by atoms with Gasteiger partial charge in [-0.2, -0.15) is 0 Å². The second-order valence-electron chi connectivity index (χ2n) is 4.75. The molecule has 0 radical (unpaired) electrons. The highest BCUT2D eigenvalue weighted by atomic mass is 15.3. The Morgan fingerprint density at radius 3 is 2.47 bits per heavy atom. The van der Waals surface area contributed by atoms with Crippen molar-refractivity contribution in [2.45, 2.75) is 26.9 Å². The molecule has 2 heterocycles. The zero-order valence-electron chi connectivity index (χ0n) is 11.1. The van der Waals surface area contributed by atoms with E-state index in [-0.39, 0.29) is 0 Å². The van der Waals surface area contributed by atoms with E-state index in [1.54, 1.807) is 0 Å². The van der Waals surface area contributed by atoms with Crippen molar-refractivity contribution in [3.8, 4) is 0 Å². The monoisotopic (exact) mass is 234 g/mol. The van der Waals surface area contributed by atoms with E-state index in [9.17, 15) is 0 Å². The Labute approximate surface area is 105 Å². The van der Waals surface area contributed by atoms with Gasteiger partial charge in [0, 0.05) is 44.4 Å². The summed E-state index contributed by atoms with van der Waals surface area (Å²) in [6.45, 7) is 12.6. The van der Waals surface area contributed by atoms with Gasteiger partial charge < -0.3 is 4.90 Å². The number of likely N-dealkylation sites (N-methyl/N-ethyl adjacent to an activating group) is 1. The van der Waals surface area contributed by atoms with Crippen LogP contribution in [0.1, 0.15) is 19.4 Å². The molecule has 17 heavy (non-hydrogen) atoms.